The summed E-state index contributed by atoms with van der Waals surface area (Å²) in [6.45, 7) is 0.143. The zero-order valence-corrected chi connectivity index (χ0v) is 9.37. The third kappa shape index (κ3) is 3.85. The van der Waals surface area contributed by atoms with E-state index in [0.717, 1.165) is 6.07 Å². The summed E-state index contributed by atoms with van der Waals surface area (Å²) in [4.78, 5) is 30.8. The van der Waals surface area contributed by atoms with E-state index in [-0.39, 0.29) is 30.0 Å². The minimum Gasteiger partial charge on any atom is -0.493 e. The molecule has 96 valence electrons. The molecule has 0 aromatic heterocycles. The maximum Gasteiger partial charge on any atom is 0.303 e. The van der Waals surface area contributed by atoms with Crippen LogP contribution >= 0.6 is 0 Å². The molecule has 0 aliphatic heterocycles. The molecule has 0 amide bonds. The van der Waals surface area contributed by atoms with Crippen LogP contribution in [0.3, 0.4) is 0 Å². The molecule has 0 aliphatic rings. The standard InChI is InChI=1S/C11H11NO6/c13-7-8-3-4-9(6-10(8)12(16)17)18-5-1-2-11(14)15/h3-4,6-7H,1-2,5H2,(H,14,15). The second-order valence-electron chi connectivity index (χ2n) is 3.44. The lowest BCUT2D eigenvalue weighted by molar-refractivity contribution is -0.385. The molecule has 1 aromatic rings. The lowest BCUT2D eigenvalue weighted by Gasteiger charge is -2.05. The molecule has 0 bridgehead atoms. The van der Waals surface area contributed by atoms with Gasteiger partial charge >= 0.3 is 5.97 Å². The Labute approximate surface area is 102 Å². The molecule has 1 aromatic carbocycles. The van der Waals surface area contributed by atoms with Crippen molar-refractivity contribution in [1.29, 1.82) is 0 Å². The van der Waals surface area contributed by atoms with Gasteiger partial charge in [-0.1, -0.05) is 0 Å². The summed E-state index contributed by atoms with van der Waals surface area (Å²) >= 11 is 0. The van der Waals surface area contributed by atoms with Crippen molar-refractivity contribution < 1.29 is 24.4 Å². The van der Waals surface area contributed by atoms with Gasteiger partial charge in [-0.2, -0.15) is 0 Å². The van der Waals surface area contributed by atoms with Gasteiger partial charge < -0.3 is 9.84 Å². The van der Waals surface area contributed by atoms with Crippen molar-refractivity contribution in [2.24, 2.45) is 0 Å². The van der Waals surface area contributed by atoms with E-state index in [0.29, 0.717) is 12.7 Å². The summed E-state index contributed by atoms with van der Waals surface area (Å²) < 4.78 is 5.16. The van der Waals surface area contributed by atoms with Gasteiger partial charge in [-0.3, -0.25) is 19.7 Å². The van der Waals surface area contributed by atoms with Crippen molar-refractivity contribution in [1.82, 2.24) is 0 Å². The molecule has 7 nitrogen and oxygen atoms in total. The van der Waals surface area contributed by atoms with E-state index in [4.69, 9.17) is 9.84 Å². The van der Waals surface area contributed by atoms with Gasteiger partial charge in [0.15, 0.2) is 6.29 Å². The number of benzene rings is 1. The van der Waals surface area contributed by atoms with Crippen LogP contribution in [0.5, 0.6) is 5.75 Å². The second kappa shape index (κ2) is 6.33. The van der Waals surface area contributed by atoms with Crippen LogP contribution in [0.4, 0.5) is 5.69 Å². The fourth-order valence-electron chi connectivity index (χ4n) is 1.28. The first-order chi connectivity index (χ1) is 8.54. The highest BCUT2D eigenvalue weighted by Crippen LogP contribution is 2.23. The Bertz CT molecular complexity index is 471. The second-order valence-corrected chi connectivity index (χ2v) is 3.44. The summed E-state index contributed by atoms with van der Waals surface area (Å²) in [7, 11) is 0. The molecule has 1 rings (SSSR count). The van der Waals surface area contributed by atoms with Crippen LogP contribution in [-0.4, -0.2) is 28.9 Å². The number of nitro groups is 1. The number of nitrogens with zero attached hydrogens (tertiary/aromatic N) is 1. The van der Waals surface area contributed by atoms with E-state index < -0.39 is 10.9 Å². The average molecular weight is 253 g/mol. The highest BCUT2D eigenvalue weighted by atomic mass is 16.6. The van der Waals surface area contributed by atoms with Gasteiger partial charge in [0.1, 0.15) is 5.75 Å². The molecule has 18 heavy (non-hydrogen) atoms. The highest BCUT2D eigenvalue weighted by molar-refractivity contribution is 5.81. The van der Waals surface area contributed by atoms with Gasteiger partial charge in [0.2, 0.25) is 0 Å². The predicted molar refractivity (Wildman–Crippen MR) is 60.8 cm³/mol. The van der Waals surface area contributed by atoms with Crippen molar-refractivity contribution >= 4 is 17.9 Å². The fourth-order valence-corrected chi connectivity index (χ4v) is 1.28. The molecular weight excluding hydrogens is 242 g/mol. The lowest BCUT2D eigenvalue weighted by atomic mass is 10.2. The molecule has 0 fully saturated rings. The molecule has 0 radical (unpaired) electrons. The summed E-state index contributed by atoms with van der Waals surface area (Å²) in [6, 6.07) is 3.86. The molecule has 0 saturated carbocycles. The minimum absolute atomic E-state index is 0.0297. The van der Waals surface area contributed by atoms with Gasteiger partial charge in [-0.25, -0.2) is 0 Å². The monoisotopic (exact) mass is 253 g/mol. The first-order valence-electron chi connectivity index (χ1n) is 5.13. The summed E-state index contributed by atoms with van der Waals surface area (Å²) in [5.74, 6) is -0.696. The zero-order valence-electron chi connectivity index (χ0n) is 9.37. The van der Waals surface area contributed by atoms with E-state index in [1.54, 1.807) is 0 Å². The maximum atomic E-state index is 10.7. The predicted octanol–water partition coefficient (Wildman–Crippen LogP) is 1.65. The molecule has 0 unspecified atom stereocenters. The lowest BCUT2D eigenvalue weighted by Crippen LogP contribution is -2.03. The van der Waals surface area contributed by atoms with Crippen LogP contribution in [0.25, 0.3) is 0 Å². The average Bonchev–Trinajstić information content (AvgIpc) is 2.34. The Morgan fingerprint density at radius 2 is 2.22 bits per heavy atom. The molecule has 1 N–H and O–H groups in total. The van der Waals surface area contributed by atoms with Gasteiger partial charge in [0.25, 0.3) is 5.69 Å². The Kier molecular flexibility index (Phi) is 4.79. The van der Waals surface area contributed by atoms with Gasteiger partial charge in [0.05, 0.1) is 23.2 Å². The molecule has 0 atom stereocenters. The van der Waals surface area contributed by atoms with Crippen molar-refractivity contribution in [3.63, 3.8) is 0 Å². The van der Waals surface area contributed by atoms with E-state index in [1.165, 1.54) is 12.1 Å². The Balaban J connectivity index is 2.67. The third-order valence-electron chi connectivity index (χ3n) is 2.13. The number of carbonyl (C=O) groups is 2. The van der Waals surface area contributed by atoms with Crippen LogP contribution in [0.1, 0.15) is 23.2 Å². The zero-order chi connectivity index (χ0) is 13.5. The van der Waals surface area contributed by atoms with Crippen molar-refractivity contribution in [3.8, 4) is 5.75 Å². The number of carboxylic acid groups (broad SMARTS) is 1. The van der Waals surface area contributed by atoms with Crippen LogP contribution < -0.4 is 4.74 Å². The number of hydrogen-bond acceptors (Lipinski definition) is 5. The summed E-state index contributed by atoms with van der Waals surface area (Å²) in [6.07, 6.45) is 0.666. The number of hydrogen-bond donors (Lipinski definition) is 1. The maximum absolute atomic E-state index is 10.7. The normalized spacial score (nSPS) is 9.78. The van der Waals surface area contributed by atoms with Gasteiger partial charge in [0, 0.05) is 6.42 Å². The molecule has 0 saturated heterocycles. The number of aldehydes is 1. The number of nitro benzene ring substituents is 1. The topological polar surface area (TPSA) is 107 Å². The minimum atomic E-state index is -0.930. The first-order valence-corrected chi connectivity index (χ1v) is 5.13. The molecule has 0 aliphatic carbocycles. The van der Waals surface area contributed by atoms with Crippen LogP contribution in [0.15, 0.2) is 18.2 Å². The van der Waals surface area contributed by atoms with E-state index >= 15 is 0 Å². The Morgan fingerprint density at radius 1 is 1.50 bits per heavy atom. The Morgan fingerprint density at radius 3 is 2.78 bits per heavy atom. The van der Waals surface area contributed by atoms with Gasteiger partial charge in [-0.15, -0.1) is 0 Å². The Hall–Kier alpha value is -2.44. The number of carbonyl (C=O) groups excluding carboxylic acids is 1. The summed E-state index contributed by atoms with van der Waals surface area (Å²) in [5, 5.41) is 19.1. The van der Waals surface area contributed by atoms with Crippen molar-refractivity contribution in [3.05, 3.63) is 33.9 Å². The van der Waals surface area contributed by atoms with Crippen LogP contribution in [0, 0.1) is 10.1 Å². The van der Waals surface area contributed by atoms with Crippen molar-refractivity contribution in [2.75, 3.05) is 6.61 Å². The van der Waals surface area contributed by atoms with E-state index in [2.05, 4.69) is 0 Å². The number of carboxylic acids is 1. The largest absolute Gasteiger partial charge is 0.493 e. The molecular formula is C11H11NO6. The van der Waals surface area contributed by atoms with Gasteiger partial charge in [-0.05, 0) is 18.6 Å². The summed E-state index contributed by atoms with van der Waals surface area (Å²) in [5.41, 5.74) is -0.362. The van der Waals surface area contributed by atoms with Crippen molar-refractivity contribution in [2.45, 2.75) is 12.8 Å². The van der Waals surface area contributed by atoms with E-state index in [9.17, 15) is 19.7 Å². The highest BCUT2D eigenvalue weighted by Gasteiger charge is 2.14. The number of rotatable bonds is 7. The smallest absolute Gasteiger partial charge is 0.303 e. The number of aliphatic carboxylic acids is 1. The quantitative estimate of drug-likeness (QED) is 0.342. The SMILES string of the molecule is O=Cc1ccc(OCCCC(=O)O)cc1[N+](=O)[O-]. The van der Waals surface area contributed by atoms with E-state index in [1.807, 2.05) is 0 Å². The molecule has 0 heterocycles. The third-order valence-corrected chi connectivity index (χ3v) is 2.13. The molecule has 0 spiro atoms. The fraction of sp³-hybridized carbons (Fsp3) is 0.273. The van der Waals surface area contributed by atoms with Crippen LogP contribution in [0.2, 0.25) is 0 Å². The first kappa shape index (κ1) is 13.6. The van der Waals surface area contributed by atoms with Crippen LogP contribution in [-0.2, 0) is 4.79 Å². The number of ether oxygens (including phenoxy) is 1. The molecule has 7 heteroatoms.